The molecule has 5 nitrogen and oxygen atoms in total. The maximum absolute atomic E-state index is 7.27. The molecule has 0 spiro atoms. The molecule has 1 atom stereocenters. The lowest BCUT2D eigenvalue weighted by atomic mass is 10.3. The van der Waals surface area contributed by atoms with E-state index < -0.39 is 0 Å². The third-order valence-corrected chi connectivity index (χ3v) is 2.71. The van der Waals surface area contributed by atoms with Gasteiger partial charge in [-0.25, -0.2) is 0 Å². The summed E-state index contributed by atoms with van der Waals surface area (Å²) in [7, 11) is 0. The van der Waals surface area contributed by atoms with E-state index in [0.29, 0.717) is 11.1 Å². The first kappa shape index (κ1) is 10.0. The quantitative estimate of drug-likeness (QED) is 0.433. The molecule has 72 valence electrons. The number of hydrogen-bond acceptors (Lipinski definition) is 5. The lowest BCUT2D eigenvalue weighted by Crippen LogP contribution is -2.24. The zero-order chi connectivity index (χ0) is 9.84. The van der Waals surface area contributed by atoms with Gasteiger partial charge in [0, 0.05) is 6.92 Å². The molecule has 1 aromatic rings. The zero-order valence-electron chi connectivity index (χ0n) is 7.57. The van der Waals surface area contributed by atoms with Crippen molar-refractivity contribution in [2.45, 2.75) is 30.7 Å². The first-order chi connectivity index (χ1) is 6.13. The molecule has 0 saturated carbocycles. The van der Waals surface area contributed by atoms with Crippen molar-refractivity contribution in [2.75, 3.05) is 0 Å². The smallest absolute Gasteiger partial charge is 0.277 e. The average molecular weight is 200 g/mol. The third kappa shape index (κ3) is 2.73. The molecule has 1 unspecified atom stereocenters. The first-order valence-corrected chi connectivity index (χ1v) is 4.82. The van der Waals surface area contributed by atoms with Crippen LogP contribution < -0.4 is 5.73 Å². The number of nitrogens with zero attached hydrogens (tertiary/aromatic N) is 2. The molecular weight excluding hydrogens is 188 g/mol. The Balaban J connectivity index is 2.61. The van der Waals surface area contributed by atoms with Crippen LogP contribution >= 0.6 is 11.8 Å². The number of thioether (sulfide) groups is 1. The Hall–Kier alpha value is -1.04. The van der Waals surface area contributed by atoms with E-state index in [-0.39, 0.29) is 11.1 Å². The Morgan fingerprint density at radius 1 is 1.69 bits per heavy atom. The Labute approximate surface area is 80.6 Å². The molecule has 0 radical (unpaired) electrons. The largest absolute Gasteiger partial charge is 0.416 e. The molecular formula is C7H12N4OS. The second kappa shape index (κ2) is 4.27. The van der Waals surface area contributed by atoms with Crippen LogP contribution in [0.15, 0.2) is 9.64 Å². The lowest BCUT2D eigenvalue weighted by molar-refractivity contribution is 0.429. The predicted octanol–water partition coefficient (Wildman–Crippen LogP) is 1.18. The molecule has 0 aromatic carbocycles. The summed E-state index contributed by atoms with van der Waals surface area (Å²) in [5, 5.41) is 15.2. The molecule has 0 fully saturated rings. The van der Waals surface area contributed by atoms with Crippen molar-refractivity contribution in [2.24, 2.45) is 5.73 Å². The fraction of sp³-hybridized carbons (Fsp3) is 0.571. The van der Waals surface area contributed by atoms with Crippen molar-refractivity contribution in [3.63, 3.8) is 0 Å². The molecule has 0 aliphatic rings. The topological polar surface area (TPSA) is 88.8 Å². The number of aromatic nitrogens is 2. The van der Waals surface area contributed by atoms with Gasteiger partial charge < -0.3 is 10.2 Å². The van der Waals surface area contributed by atoms with Gasteiger partial charge in [0.05, 0.1) is 5.25 Å². The summed E-state index contributed by atoms with van der Waals surface area (Å²) in [5.74, 6) is 0.671. The highest BCUT2D eigenvalue weighted by Crippen LogP contribution is 2.23. The van der Waals surface area contributed by atoms with E-state index in [0.717, 1.165) is 6.42 Å². The van der Waals surface area contributed by atoms with Crippen LogP contribution in [-0.4, -0.2) is 21.3 Å². The zero-order valence-corrected chi connectivity index (χ0v) is 8.39. The second-order valence-corrected chi connectivity index (χ2v) is 3.71. The molecule has 0 bridgehead atoms. The Kier molecular flexibility index (Phi) is 3.30. The highest BCUT2D eigenvalue weighted by molar-refractivity contribution is 8.00. The van der Waals surface area contributed by atoms with Gasteiger partial charge in [0.2, 0.25) is 5.89 Å². The third-order valence-electron chi connectivity index (χ3n) is 1.47. The first-order valence-electron chi connectivity index (χ1n) is 3.94. The van der Waals surface area contributed by atoms with Crippen LogP contribution in [0.4, 0.5) is 0 Å². The molecule has 13 heavy (non-hydrogen) atoms. The van der Waals surface area contributed by atoms with Crippen molar-refractivity contribution in [3.8, 4) is 0 Å². The van der Waals surface area contributed by atoms with E-state index in [2.05, 4.69) is 10.2 Å². The summed E-state index contributed by atoms with van der Waals surface area (Å²) in [5.41, 5.74) is 5.37. The van der Waals surface area contributed by atoms with Gasteiger partial charge >= 0.3 is 0 Å². The standard InChI is InChI=1S/C7H12N4OS/c1-3-5(6(8)9)13-7-11-10-4(2)12-7/h5H,3H2,1-2H3,(H3,8,9). The van der Waals surface area contributed by atoms with E-state index in [1.165, 1.54) is 11.8 Å². The fourth-order valence-corrected chi connectivity index (χ4v) is 1.61. The molecule has 6 heteroatoms. The van der Waals surface area contributed by atoms with Crippen LogP contribution in [-0.2, 0) is 0 Å². The molecule has 1 heterocycles. The Morgan fingerprint density at radius 2 is 2.38 bits per heavy atom. The monoisotopic (exact) mass is 200 g/mol. The molecule has 1 rings (SSSR count). The number of rotatable bonds is 4. The Bertz CT molecular complexity index is 298. The van der Waals surface area contributed by atoms with Gasteiger partial charge in [-0.15, -0.1) is 10.2 Å². The van der Waals surface area contributed by atoms with Crippen molar-refractivity contribution in [3.05, 3.63) is 5.89 Å². The molecule has 0 amide bonds. The van der Waals surface area contributed by atoms with Gasteiger partial charge in [-0.3, -0.25) is 5.41 Å². The second-order valence-electron chi connectivity index (χ2n) is 2.56. The van der Waals surface area contributed by atoms with Gasteiger partial charge in [0.1, 0.15) is 5.84 Å². The van der Waals surface area contributed by atoms with Crippen LogP contribution in [0.3, 0.4) is 0 Å². The maximum Gasteiger partial charge on any atom is 0.277 e. The minimum Gasteiger partial charge on any atom is -0.416 e. The van der Waals surface area contributed by atoms with Crippen molar-refractivity contribution in [1.29, 1.82) is 5.41 Å². The van der Waals surface area contributed by atoms with Gasteiger partial charge in [-0.2, -0.15) is 0 Å². The minimum absolute atomic E-state index is 0.0696. The fourth-order valence-electron chi connectivity index (χ4n) is 0.814. The maximum atomic E-state index is 7.27. The number of aryl methyl sites for hydroxylation is 1. The van der Waals surface area contributed by atoms with Crippen LogP contribution in [0, 0.1) is 12.3 Å². The number of hydrogen-bond donors (Lipinski definition) is 2. The van der Waals surface area contributed by atoms with Crippen LogP contribution in [0.1, 0.15) is 19.2 Å². The highest BCUT2D eigenvalue weighted by Gasteiger charge is 2.15. The van der Waals surface area contributed by atoms with E-state index in [4.69, 9.17) is 15.6 Å². The van der Waals surface area contributed by atoms with Crippen molar-refractivity contribution < 1.29 is 4.42 Å². The normalized spacial score (nSPS) is 12.8. The van der Waals surface area contributed by atoms with Crippen molar-refractivity contribution >= 4 is 17.6 Å². The summed E-state index contributed by atoms with van der Waals surface area (Å²) in [4.78, 5) is 0. The van der Waals surface area contributed by atoms with E-state index in [9.17, 15) is 0 Å². The van der Waals surface area contributed by atoms with Crippen molar-refractivity contribution in [1.82, 2.24) is 10.2 Å². The van der Waals surface area contributed by atoms with Crippen LogP contribution in [0.25, 0.3) is 0 Å². The number of amidine groups is 1. The van der Waals surface area contributed by atoms with Gasteiger partial charge in [-0.05, 0) is 6.42 Å². The average Bonchev–Trinajstić information content (AvgIpc) is 2.46. The summed E-state index contributed by atoms with van der Waals surface area (Å²) in [6, 6.07) is 0. The van der Waals surface area contributed by atoms with Crippen LogP contribution in [0.2, 0.25) is 0 Å². The lowest BCUT2D eigenvalue weighted by Gasteiger charge is -2.08. The Morgan fingerprint density at radius 3 is 2.77 bits per heavy atom. The van der Waals surface area contributed by atoms with E-state index in [1.54, 1.807) is 6.92 Å². The predicted molar refractivity (Wildman–Crippen MR) is 50.9 cm³/mol. The SMILES string of the molecule is CCC(Sc1nnc(C)o1)C(=N)N. The minimum atomic E-state index is -0.0696. The molecule has 0 aliphatic heterocycles. The van der Waals surface area contributed by atoms with Gasteiger partial charge in [0.15, 0.2) is 0 Å². The summed E-state index contributed by atoms with van der Waals surface area (Å²) < 4.78 is 5.15. The highest BCUT2D eigenvalue weighted by atomic mass is 32.2. The van der Waals surface area contributed by atoms with Crippen LogP contribution in [0.5, 0.6) is 0 Å². The summed E-state index contributed by atoms with van der Waals surface area (Å²) in [6.07, 6.45) is 0.779. The molecule has 3 N–H and O–H groups in total. The molecule has 0 saturated heterocycles. The van der Waals surface area contributed by atoms with Gasteiger partial charge in [-0.1, -0.05) is 18.7 Å². The number of nitrogens with two attached hydrogens (primary N) is 1. The molecule has 1 aromatic heterocycles. The summed E-state index contributed by atoms with van der Waals surface area (Å²) in [6.45, 7) is 3.69. The van der Waals surface area contributed by atoms with E-state index >= 15 is 0 Å². The summed E-state index contributed by atoms with van der Waals surface area (Å²) >= 11 is 1.33. The van der Waals surface area contributed by atoms with E-state index in [1.807, 2.05) is 6.92 Å². The molecule has 0 aliphatic carbocycles. The van der Waals surface area contributed by atoms with Gasteiger partial charge in [0.25, 0.3) is 5.22 Å². The number of nitrogens with one attached hydrogen (secondary N) is 1.